The summed E-state index contributed by atoms with van der Waals surface area (Å²) in [6.45, 7) is 6.71. The van der Waals surface area contributed by atoms with Gasteiger partial charge in [-0.1, -0.05) is 18.2 Å². The molecule has 2 rings (SSSR count). The molecule has 0 aliphatic heterocycles. The Kier molecular flexibility index (Phi) is 3.46. The van der Waals surface area contributed by atoms with Gasteiger partial charge in [-0.05, 0) is 38.0 Å². The van der Waals surface area contributed by atoms with Crippen LogP contribution in [0.15, 0.2) is 30.5 Å². The van der Waals surface area contributed by atoms with Crippen LogP contribution in [0.1, 0.15) is 28.5 Å². The predicted molar refractivity (Wildman–Crippen MR) is 71.8 cm³/mol. The zero-order valence-electron chi connectivity index (χ0n) is 10.9. The molecule has 0 aliphatic rings. The first-order valence-electron chi connectivity index (χ1n) is 6.03. The van der Waals surface area contributed by atoms with Crippen LogP contribution in [0, 0.1) is 13.8 Å². The van der Waals surface area contributed by atoms with E-state index in [0.717, 1.165) is 23.4 Å². The van der Waals surface area contributed by atoms with Gasteiger partial charge in [-0.15, -0.1) is 0 Å². The molecule has 18 heavy (non-hydrogen) atoms. The molecule has 0 saturated heterocycles. The molecule has 0 fully saturated rings. The van der Waals surface area contributed by atoms with Crippen LogP contribution < -0.4 is 5.32 Å². The van der Waals surface area contributed by atoms with Crippen molar-refractivity contribution in [3.8, 4) is 0 Å². The van der Waals surface area contributed by atoms with E-state index >= 15 is 0 Å². The predicted octanol–water partition coefficient (Wildman–Crippen LogP) is 2.77. The standard InChI is InChI=1S/C14H17N3O/c1-4-17-9-8-12(16-17)14(18)15-13-10(2)6-5-7-11(13)3/h5-9H,4H2,1-3H3,(H,15,18). The van der Waals surface area contributed by atoms with E-state index in [1.54, 1.807) is 16.9 Å². The Morgan fingerprint density at radius 2 is 1.94 bits per heavy atom. The largest absolute Gasteiger partial charge is 0.320 e. The van der Waals surface area contributed by atoms with E-state index in [4.69, 9.17) is 0 Å². The Hall–Kier alpha value is -2.10. The highest BCUT2D eigenvalue weighted by atomic mass is 16.1. The maximum absolute atomic E-state index is 12.1. The fourth-order valence-corrected chi connectivity index (χ4v) is 1.85. The Morgan fingerprint density at radius 3 is 2.50 bits per heavy atom. The highest BCUT2D eigenvalue weighted by Crippen LogP contribution is 2.19. The van der Waals surface area contributed by atoms with Crippen LogP contribution in [0.2, 0.25) is 0 Å². The first-order chi connectivity index (χ1) is 8.61. The maximum atomic E-state index is 12.1. The number of carbonyl (C=O) groups is 1. The number of benzene rings is 1. The Labute approximate surface area is 107 Å². The normalized spacial score (nSPS) is 10.4. The molecule has 0 bridgehead atoms. The third kappa shape index (κ3) is 2.42. The van der Waals surface area contributed by atoms with E-state index in [9.17, 15) is 4.79 Å². The highest BCUT2D eigenvalue weighted by Gasteiger charge is 2.11. The minimum atomic E-state index is -0.167. The van der Waals surface area contributed by atoms with Crippen LogP contribution in [0.5, 0.6) is 0 Å². The SMILES string of the molecule is CCn1ccc(C(=O)Nc2c(C)cccc2C)n1. The molecule has 1 aromatic heterocycles. The molecule has 94 valence electrons. The van der Waals surface area contributed by atoms with E-state index < -0.39 is 0 Å². The second-order valence-corrected chi connectivity index (χ2v) is 4.28. The average molecular weight is 243 g/mol. The van der Waals surface area contributed by atoms with Crippen molar-refractivity contribution in [3.63, 3.8) is 0 Å². The van der Waals surface area contributed by atoms with Gasteiger partial charge in [-0.3, -0.25) is 9.48 Å². The van der Waals surface area contributed by atoms with E-state index in [1.165, 1.54) is 0 Å². The van der Waals surface area contributed by atoms with Gasteiger partial charge in [0.15, 0.2) is 5.69 Å². The summed E-state index contributed by atoms with van der Waals surface area (Å²) < 4.78 is 1.74. The molecule has 0 atom stereocenters. The molecule has 4 heteroatoms. The van der Waals surface area contributed by atoms with Crippen LogP contribution in [0.3, 0.4) is 0 Å². The molecular weight excluding hydrogens is 226 g/mol. The minimum Gasteiger partial charge on any atom is -0.320 e. The van der Waals surface area contributed by atoms with Gasteiger partial charge in [-0.25, -0.2) is 0 Å². The molecule has 0 saturated carbocycles. The maximum Gasteiger partial charge on any atom is 0.276 e. The lowest BCUT2D eigenvalue weighted by Crippen LogP contribution is -2.15. The molecule has 1 heterocycles. The van der Waals surface area contributed by atoms with Gasteiger partial charge in [0.1, 0.15) is 0 Å². The van der Waals surface area contributed by atoms with Crippen molar-refractivity contribution in [2.75, 3.05) is 5.32 Å². The van der Waals surface area contributed by atoms with Crippen molar-refractivity contribution in [2.24, 2.45) is 0 Å². The van der Waals surface area contributed by atoms with E-state index in [2.05, 4.69) is 10.4 Å². The van der Waals surface area contributed by atoms with E-state index in [0.29, 0.717) is 5.69 Å². The molecule has 1 amide bonds. The molecular formula is C14H17N3O. The van der Waals surface area contributed by atoms with Gasteiger partial charge in [-0.2, -0.15) is 5.10 Å². The lowest BCUT2D eigenvalue weighted by molar-refractivity contribution is 0.102. The second kappa shape index (κ2) is 5.04. The second-order valence-electron chi connectivity index (χ2n) is 4.28. The molecule has 0 unspecified atom stereocenters. The number of nitrogens with zero attached hydrogens (tertiary/aromatic N) is 2. The van der Waals surface area contributed by atoms with Gasteiger partial charge < -0.3 is 5.32 Å². The fourth-order valence-electron chi connectivity index (χ4n) is 1.85. The summed E-state index contributed by atoms with van der Waals surface area (Å²) in [7, 11) is 0. The number of aryl methyl sites for hydroxylation is 3. The smallest absolute Gasteiger partial charge is 0.276 e. The number of nitrogens with one attached hydrogen (secondary N) is 1. The van der Waals surface area contributed by atoms with Crippen molar-refractivity contribution in [1.29, 1.82) is 0 Å². The number of rotatable bonds is 3. The van der Waals surface area contributed by atoms with E-state index in [-0.39, 0.29) is 5.91 Å². The first kappa shape index (κ1) is 12.4. The van der Waals surface area contributed by atoms with Crippen LogP contribution in [-0.2, 0) is 6.54 Å². The molecule has 1 N–H and O–H groups in total. The third-order valence-electron chi connectivity index (χ3n) is 2.92. The van der Waals surface area contributed by atoms with Crippen LogP contribution in [-0.4, -0.2) is 15.7 Å². The number of amides is 1. The van der Waals surface area contributed by atoms with Crippen LogP contribution in [0.4, 0.5) is 5.69 Å². The number of aromatic nitrogens is 2. The summed E-state index contributed by atoms with van der Waals surface area (Å²) in [6.07, 6.45) is 1.81. The quantitative estimate of drug-likeness (QED) is 0.901. The monoisotopic (exact) mass is 243 g/mol. The number of hydrogen-bond acceptors (Lipinski definition) is 2. The van der Waals surface area contributed by atoms with Gasteiger partial charge in [0.25, 0.3) is 5.91 Å². The molecule has 4 nitrogen and oxygen atoms in total. The number of para-hydroxylation sites is 1. The van der Waals surface area contributed by atoms with Crippen molar-refractivity contribution >= 4 is 11.6 Å². The fraction of sp³-hybridized carbons (Fsp3) is 0.286. The lowest BCUT2D eigenvalue weighted by atomic mass is 10.1. The van der Waals surface area contributed by atoms with Gasteiger partial charge in [0.2, 0.25) is 0 Å². The Bertz CT molecular complexity index is 552. The zero-order valence-corrected chi connectivity index (χ0v) is 10.9. The van der Waals surface area contributed by atoms with Gasteiger partial charge in [0.05, 0.1) is 0 Å². The van der Waals surface area contributed by atoms with Gasteiger partial charge >= 0.3 is 0 Å². The Morgan fingerprint density at radius 1 is 1.28 bits per heavy atom. The molecule has 0 aliphatic carbocycles. The summed E-state index contributed by atoms with van der Waals surface area (Å²) in [5.74, 6) is -0.167. The zero-order chi connectivity index (χ0) is 13.1. The van der Waals surface area contributed by atoms with Crippen molar-refractivity contribution in [3.05, 3.63) is 47.3 Å². The number of anilines is 1. The van der Waals surface area contributed by atoms with Crippen molar-refractivity contribution in [2.45, 2.75) is 27.3 Å². The summed E-state index contributed by atoms with van der Waals surface area (Å²) >= 11 is 0. The molecule has 1 aromatic carbocycles. The average Bonchev–Trinajstić information content (AvgIpc) is 2.82. The number of carbonyl (C=O) groups excluding carboxylic acids is 1. The lowest BCUT2D eigenvalue weighted by Gasteiger charge is -2.10. The molecule has 0 spiro atoms. The Balaban J connectivity index is 2.21. The van der Waals surface area contributed by atoms with Crippen LogP contribution in [0.25, 0.3) is 0 Å². The third-order valence-corrected chi connectivity index (χ3v) is 2.92. The first-order valence-corrected chi connectivity index (χ1v) is 6.03. The van der Waals surface area contributed by atoms with E-state index in [1.807, 2.05) is 39.0 Å². The van der Waals surface area contributed by atoms with Gasteiger partial charge in [0, 0.05) is 18.4 Å². The summed E-state index contributed by atoms with van der Waals surface area (Å²) in [5, 5.41) is 7.11. The van der Waals surface area contributed by atoms with Crippen molar-refractivity contribution in [1.82, 2.24) is 9.78 Å². The highest BCUT2D eigenvalue weighted by molar-refractivity contribution is 6.03. The van der Waals surface area contributed by atoms with Crippen LogP contribution >= 0.6 is 0 Å². The summed E-state index contributed by atoms with van der Waals surface area (Å²) in [5.41, 5.74) is 3.42. The molecule has 0 radical (unpaired) electrons. The molecule has 2 aromatic rings. The summed E-state index contributed by atoms with van der Waals surface area (Å²) in [6, 6.07) is 7.67. The topological polar surface area (TPSA) is 46.9 Å². The number of hydrogen-bond donors (Lipinski definition) is 1. The summed E-state index contributed by atoms with van der Waals surface area (Å²) in [4.78, 5) is 12.1. The minimum absolute atomic E-state index is 0.167. The van der Waals surface area contributed by atoms with Crippen molar-refractivity contribution < 1.29 is 4.79 Å².